The predicted molar refractivity (Wildman–Crippen MR) is 135 cm³/mol. The number of nitrogens with one attached hydrogen (secondary N) is 1. The number of ether oxygens (including phenoxy) is 1. The van der Waals surface area contributed by atoms with Crippen molar-refractivity contribution in [2.24, 2.45) is 10.4 Å². The number of phenols is 2. The van der Waals surface area contributed by atoms with E-state index >= 15 is 0 Å². The molecule has 33 heavy (non-hydrogen) atoms. The van der Waals surface area contributed by atoms with E-state index < -0.39 is 14.3 Å². The number of urea groups is 1. The molecular formula is C21H30Cl2N4O5Si. The standard InChI is InChI=1S/C7H7ClN2O2.C6H6ClNO.C4H9NOSi.C4H8O/c8-4-1-2-6(11)5(3-4)10-7(9)12;7-4-1-2-6(9)5(8)3-4;1-7(2,3)5-4-6;1-2-4-5-3-1/h1-3,11H,(H3,9,10,12);1-3,9H,8H2;1-3H3;1-4H2. The highest BCUT2D eigenvalue weighted by atomic mass is 35.5. The average molecular weight is 517 g/mol. The van der Waals surface area contributed by atoms with Gasteiger partial charge in [0.25, 0.3) is 0 Å². The van der Waals surface area contributed by atoms with Crippen LogP contribution in [0.4, 0.5) is 16.2 Å². The van der Waals surface area contributed by atoms with E-state index in [1.54, 1.807) is 12.1 Å². The first-order chi connectivity index (χ1) is 15.4. The van der Waals surface area contributed by atoms with Crippen molar-refractivity contribution in [2.45, 2.75) is 32.5 Å². The minimum Gasteiger partial charge on any atom is -0.506 e. The van der Waals surface area contributed by atoms with Gasteiger partial charge < -0.3 is 31.7 Å². The van der Waals surface area contributed by atoms with Gasteiger partial charge in [0.15, 0.2) is 8.24 Å². The lowest BCUT2D eigenvalue weighted by molar-refractivity contribution is 0.198. The molecule has 1 saturated heterocycles. The van der Waals surface area contributed by atoms with Crippen LogP contribution in [0.5, 0.6) is 11.5 Å². The summed E-state index contributed by atoms with van der Waals surface area (Å²) in [4.78, 5) is 20.0. The summed E-state index contributed by atoms with van der Waals surface area (Å²) in [6.45, 7) is 7.95. The average Bonchev–Trinajstić information content (AvgIpc) is 3.28. The lowest BCUT2D eigenvalue weighted by Gasteiger charge is -2.03. The quantitative estimate of drug-likeness (QED) is 0.122. The molecule has 3 rings (SSSR count). The Morgan fingerprint density at radius 3 is 1.91 bits per heavy atom. The van der Waals surface area contributed by atoms with Crippen LogP contribution < -0.4 is 16.8 Å². The molecule has 1 heterocycles. The van der Waals surface area contributed by atoms with Crippen LogP contribution >= 0.6 is 23.2 Å². The zero-order chi connectivity index (χ0) is 25.4. The third kappa shape index (κ3) is 16.5. The van der Waals surface area contributed by atoms with Gasteiger partial charge in [0.2, 0.25) is 6.08 Å². The summed E-state index contributed by atoms with van der Waals surface area (Å²) in [5.74, 6) is -0.00222. The Morgan fingerprint density at radius 2 is 1.58 bits per heavy atom. The van der Waals surface area contributed by atoms with Gasteiger partial charge in [-0.1, -0.05) is 23.2 Å². The van der Waals surface area contributed by atoms with Crippen molar-refractivity contribution in [1.29, 1.82) is 0 Å². The number of hydrogen-bond acceptors (Lipinski definition) is 7. The summed E-state index contributed by atoms with van der Waals surface area (Å²) in [6, 6.07) is 8.06. The van der Waals surface area contributed by atoms with E-state index in [0.717, 1.165) is 13.2 Å². The minimum atomic E-state index is -1.46. The summed E-state index contributed by atoms with van der Waals surface area (Å²) in [5, 5.41) is 21.2. The Bertz CT molecular complexity index is 924. The second kappa shape index (κ2) is 16.0. The fourth-order valence-electron chi connectivity index (χ4n) is 1.91. The number of halogens is 2. The molecule has 0 aromatic heterocycles. The van der Waals surface area contributed by atoms with Gasteiger partial charge >= 0.3 is 6.03 Å². The first-order valence-corrected chi connectivity index (χ1v) is 14.0. The van der Waals surface area contributed by atoms with Gasteiger partial charge in [-0.3, -0.25) is 0 Å². The first kappa shape index (κ1) is 30.2. The number of nitrogen functional groups attached to an aromatic ring is 1. The number of isocyanates is 1. The topological polar surface area (TPSA) is 160 Å². The van der Waals surface area contributed by atoms with E-state index in [9.17, 15) is 9.59 Å². The molecule has 2 aromatic carbocycles. The van der Waals surface area contributed by atoms with E-state index in [4.69, 9.17) is 49.6 Å². The van der Waals surface area contributed by atoms with Crippen LogP contribution in [0.15, 0.2) is 41.1 Å². The van der Waals surface area contributed by atoms with Gasteiger partial charge in [-0.05, 0) is 68.9 Å². The zero-order valence-electron chi connectivity index (χ0n) is 18.8. The van der Waals surface area contributed by atoms with Crippen LogP contribution in [0.2, 0.25) is 29.7 Å². The largest absolute Gasteiger partial charge is 0.506 e. The fraction of sp³-hybridized carbons (Fsp3) is 0.333. The number of rotatable bonds is 2. The molecule has 0 saturated carbocycles. The number of benzene rings is 2. The molecule has 0 spiro atoms. The number of hydrogen-bond donors (Lipinski definition) is 5. The number of nitrogens with two attached hydrogens (primary N) is 2. The number of aromatic hydroxyl groups is 2. The molecule has 182 valence electrons. The molecule has 9 nitrogen and oxygen atoms in total. The maximum Gasteiger partial charge on any atom is 0.316 e. The van der Waals surface area contributed by atoms with Gasteiger partial charge in [-0.15, -0.1) is 0 Å². The summed E-state index contributed by atoms with van der Waals surface area (Å²) >= 11 is 11.1. The molecule has 12 heteroatoms. The molecule has 1 fully saturated rings. The lowest BCUT2D eigenvalue weighted by Crippen LogP contribution is -2.19. The van der Waals surface area contributed by atoms with E-state index in [-0.39, 0.29) is 17.2 Å². The van der Waals surface area contributed by atoms with Gasteiger partial charge in [-0.25, -0.2) is 14.2 Å². The van der Waals surface area contributed by atoms with Gasteiger partial charge in [0.1, 0.15) is 11.5 Å². The normalized spacial score (nSPS) is 11.8. The molecule has 1 aliphatic rings. The molecule has 0 aliphatic carbocycles. The molecule has 0 unspecified atom stereocenters. The van der Waals surface area contributed by atoms with Crippen LogP contribution in [0.3, 0.4) is 0 Å². The fourth-order valence-corrected chi connectivity index (χ4v) is 2.54. The highest BCUT2D eigenvalue weighted by molar-refractivity contribution is 6.74. The maximum atomic E-state index is 10.4. The predicted octanol–water partition coefficient (Wildman–Crippen LogP) is 5.12. The Morgan fingerprint density at radius 1 is 1.06 bits per heavy atom. The van der Waals surface area contributed by atoms with Crippen molar-refractivity contribution >= 4 is 54.9 Å². The van der Waals surface area contributed by atoms with E-state index in [2.05, 4.69) is 9.97 Å². The Balaban J connectivity index is 0.000000434. The molecule has 7 N–H and O–H groups in total. The van der Waals surface area contributed by atoms with Crippen LogP contribution in [0.1, 0.15) is 12.8 Å². The third-order valence-corrected chi connectivity index (χ3v) is 4.65. The molecule has 2 amide bonds. The Hall–Kier alpha value is -2.75. The number of primary amides is 1. The van der Waals surface area contributed by atoms with Gasteiger partial charge in [0.05, 0.1) is 11.4 Å². The summed E-state index contributed by atoms with van der Waals surface area (Å²) in [5.41, 5.74) is 10.6. The van der Waals surface area contributed by atoms with Crippen molar-refractivity contribution in [2.75, 3.05) is 24.3 Å². The molecule has 0 radical (unpaired) electrons. The number of carbonyl (C=O) groups excluding carboxylic acids is 2. The number of amides is 2. The van der Waals surface area contributed by atoms with Crippen molar-refractivity contribution in [3.05, 3.63) is 46.4 Å². The second-order valence-corrected chi connectivity index (χ2v) is 13.0. The molecule has 1 aliphatic heterocycles. The summed E-state index contributed by atoms with van der Waals surface area (Å²) < 4.78 is 8.53. The van der Waals surface area contributed by atoms with E-state index in [1.165, 1.54) is 43.2 Å². The van der Waals surface area contributed by atoms with Crippen molar-refractivity contribution in [3.8, 4) is 11.5 Å². The van der Waals surface area contributed by atoms with E-state index in [0.29, 0.717) is 15.7 Å². The van der Waals surface area contributed by atoms with E-state index in [1.807, 2.05) is 19.6 Å². The number of phenolic OH excluding ortho intramolecular Hbond substituents is 2. The van der Waals surface area contributed by atoms with Crippen LogP contribution in [0.25, 0.3) is 0 Å². The van der Waals surface area contributed by atoms with Gasteiger partial charge in [0, 0.05) is 23.3 Å². The molecular weight excluding hydrogens is 487 g/mol. The summed E-state index contributed by atoms with van der Waals surface area (Å²) in [7, 11) is -1.46. The molecule has 0 atom stereocenters. The van der Waals surface area contributed by atoms with Crippen LogP contribution in [0, 0.1) is 0 Å². The zero-order valence-corrected chi connectivity index (χ0v) is 21.3. The lowest BCUT2D eigenvalue weighted by atomic mass is 10.3. The first-order valence-electron chi connectivity index (χ1n) is 9.81. The maximum absolute atomic E-state index is 10.4. The van der Waals surface area contributed by atoms with Crippen LogP contribution in [-0.4, -0.2) is 43.8 Å². The van der Waals surface area contributed by atoms with Crippen LogP contribution in [-0.2, 0) is 9.53 Å². The third-order valence-electron chi connectivity index (χ3n) is 3.41. The SMILES string of the molecule is C1CCOC1.C[Si](C)(C)N=C=O.NC(=O)Nc1cc(Cl)ccc1O.Nc1cc(Cl)ccc1O. The highest BCUT2D eigenvalue weighted by Gasteiger charge is 2.09. The second-order valence-electron chi connectivity index (χ2n) is 7.55. The highest BCUT2D eigenvalue weighted by Crippen LogP contribution is 2.26. The monoisotopic (exact) mass is 516 g/mol. The Labute approximate surface area is 204 Å². The Kier molecular flexibility index (Phi) is 14.6. The van der Waals surface area contributed by atoms with Gasteiger partial charge in [-0.2, -0.15) is 0 Å². The van der Waals surface area contributed by atoms with Crippen molar-refractivity contribution in [3.63, 3.8) is 0 Å². The summed E-state index contributed by atoms with van der Waals surface area (Å²) in [6.07, 6.45) is 4.10. The number of anilines is 2. The smallest absolute Gasteiger partial charge is 0.316 e. The number of carbonyl (C=O) groups is 1. The number of nitrogens with zero attached hydrogens (tertiary/aromatic N) is 1. The molecule has 2 aromatic rings. The van der Waals surface area contributed by atoms with Crippen molar-refractivity contribution in [1.82, 2.24) is 0 Å². The molecule has 0 bridgehead atoms. The minimum absolute atomic E-state index is 0.0689. The van der Waals surface area contributed by atoms with Crippen molar-refractivity contribution < 1.29 is 24.5 Å².